The van der Waals surface area contributed by atoms with Crippen molar-refractivity contribution in [1.29, 1.82) is 0 Å². The van der Waals surface area contributed by atoms with Crippen LogP contribution in [0.4, 0.5) is 0 Å². The second-order valence-electron chi connectivity index (χ2n) is 3.96. The number of carboxylic acids is 1. The largest absolute Gasteiger partial charge is 0.478 e. The molecule has 0 bridgehead atoms. The van der Waals surface area contributed by atoms with Crippen molar-refractivity contribution in [1.82, 2.24) is 5.32 Å². The number of furan rings is 1. The third-order valence-corrected chi connectivity index (χ3v) is 3.53. The fourth-order valence-electron chi connectivity index (χ4n) is 1.56. The summed E-state index contributed by atoms with van der Waals surface area (Å²) >= 11 is 1.25. The van der Waals surface area contributed by atoms with E-state index in [-0.39, 0.29) is 5.91 Å². The number of carbonyl (C=O) groups excluding carboxylic acids is 1. The Hall–Kier alpha value is -2.34. The summed E-state index contributed by atoms with van der Waals surface area (Å²) in [4.78, 5) is 23.5. The summed E-state index contributed by atoms with van der Waals surface area (Å²) in [6.07, 6.45) is 4.74. The highest BCUT2D eigenvalue weighted by atomic mass is 32.1. The smallest absolute Gasteiger partial charge is 0.328 e. The monoisotopic (exact) mass is 291 g/mol. The molecule has 2 rings (SSSR count). The molecule has 104 valence electrons. The van der Waals surface area contributed by atoms with Gasteiger partial charge in [-0.2, -0.15) is 0 Å². The van der Waals surface area contributed by atoms with Gasteiger partial charge >= 0.3 is 5.97 Å². The van der Waals surface area contributed by atoms with Crippen LogP contribution in [-0.2, 0) is 11.2 Å². The highest BCUT2D eigenvalue weighted by Gasteiger charge is 2.08. The van der Waals surface area contributed by atoms with Crippen LogP contribution < -0.4 is 5.32 Å². The fourth-order valence-corrected chi connectivity index (χ4v) is 2.39. The van der Waals surface area contributed by atoms with Crippen molar-refractivity contribution in [2.75, 3.05) is 6.54 Å². The summed E-state index contributed by atoms with van der Waals surface area (Å²) in [6, 6.07) is 7.05. The number of aliphatic carboxylic acids is 1. The van der Waals surface area contributed by atoms with E-state index in [0.29, 0.717) is 17.8 Å². The Morgan fingerprint density at radius 3 is 2.90 bits per heavy atom. The predicted octanol–water partition coefficient (Wildman–Crippen LogP) is 2.41. The predicted molar refractivity (Wildman–Crippen MR) is 75.7 cm³/mol. The van der Waals surface area contributed by atoms with Gasteiger partial charge in [-0.25, -0.2) is 4.79 Å². The van der Waals surface area contributed by atoms with Gasteiger partial charge in [-0.3, -0.25) is 4.79 Å². The van der Waals surface area contributed by atoms with E-state index >= 15 is 0 Å². The van der Waals surface area contributed by atoms with E-state index < -0.39 is 5.97 Å². The van der Waals surface area contributed by atoms with Crippen molar-refractivity contribution in [3.63, 3.8) is 0 Å². The third-order valence-electron chi connectivity index (χ3n) is 2.48. The molecule has 0 aliphatic carbocycles. The molecule has 0 unspecified atom stereocenters. The van der Waals surface area contributed by atoms with E-state index in [1.165, 1.54) is 17.4 Å². The SMILES string of the molecule is O=C(O)C=Cc1ccc(C(=O)NCCc2ccco2)s1. The van der Waals surface area contributed by atoms with Crippen LogP contribution in [0.2, 0.25) is 0 Å². The van der Waals surface area contributed by atoms with Gasteiger partial charge in [-0.1, -0.05) is 0 Å². The Kier molecular flexibility index (Phi) is 4.73. The molecule has 1 amide bonds. The first-order chi connectivity index (χ1) is 9.65. The van der Waals surface area contributed by atoms with Crippen molar-refractivity contribution in [3.8, 4) is 0 Å². The van der Waals surface area contributed by atoms with Crippen LogP contribution in [0, 0.1) is 0 Å². The molecule has 2 heterocycles. The minimum Gasteiger partial charge on any atom is -0.478 e. The molecule has 2 aromatic rings. The molecule has 6 heteroatoms. The molecule has 0 aliphatic rings. The standard InChI is InChI=1S/C14H13NO4S/c16-13(17)6-4-11-3-5-12(20-11)14(18)15-8-7-10-2-1-9-19-10/h1-6,9H,7-8H2,(H,15,18)(H,16,17). The Bertz CT molecular complexity index is 613. The normalized spacial score (nSPS) is 10.8. The van der Waals surface area contributed by atoms with Gasteiger partial charge in [0.25, 0.3) is 5.91 Å². The first-order valence-corrected chi connectivity index (χ1v) is 6.78. The van der Waals surface area contributed by atoms with Crippen molar-refractivity contribution in [2.45, 2.75) is 6.42 Å². The lowest BCUT2D eigenvalue weighted by Crippen LogP contribution is -2.24. The average molecular weight is 291 g/mol. The first kappa shape index (κ1) is 14.1. The highest BCUT2D eigenvalue weighted by Crippen LogP contribution is 2.17. The van der Waals surface area contributed by atoms with Gasteiger partial charge in [0, 0.05) is 23.9 Å². The molecule has 0 saturated heterocycles. The molecule has 0 fully saturated rings. The number of thiophene rings is 1. The van der Waals surface area contributed by atoms with E-state index in [1.54, 1.807) is 24.5 Å². The van der Waals surface area contributed by atoms with E-state index in [2.05, 4.69) is 5.32 Å². The second-order valence-corrected chi connectivity index (χ2v) is 5.07. The minimum atomic E-state index is -1.01. The topological polar surface area (TPSA) is 79.5 Å². The molecular weight excluding hydrogens is 278 g/mol. The van der Waals surface area contributed by atoms with Crippen LogP contribution in [0.25, 0.3) is 6.08 Å². The van der Waals surface area contributed by atoms with Crippen molar-refractivity contribution >= 4 is 29.3 Å². The first-order valence-electron chi connectivity index (χ1n) is 5.96. The van der Waals surface area contributed by atoms with Crippen molar-refractivity contribution < 1.29 is 19.1 Å². The van der Waals surface area contributed by atoms with Gasteiger partial charge in [0.15, 0.2) is 0 Å². The summed E-state index contributed by atoms with van der Waals surface area (Å²) in [5, 5.41) is 11.3. The lowest BCUT2D eigenvalue weighted by molar-refractivity contribution is -0.131. The molecule has 0 saturated carbocycles. The molecule has 0 spiro atoms. The summed E-state index contributed by atoms with van der Waals surface area (Å²) in [5.74, 6) is -0.360. The maximum absolute atomic E-state index is 11.9. The van der Waals surface area contributed by atoms with E-state index in [4.69, 9.17) is 9.52 Å². The second kappa shape index (κ2) is 6.72. The van der Waals surface area contributed by atoms with Crippen molar-refractivity contribution in [3.05, 3.63) is 52.1 Å². The Labute approximate surface area is 119 Å². The Morgan fingerprint density at radius 2 is 2.20 bits per heavy atom. The van der Waals surface area contributed by atoms with E-state index in [9.17, 15) is 9.59 Å². The van der Waals surface area contributed by atoms with Gasteiger partial charge in [0.2, 0.25) is 0 Å². The van der Waals surface area contributed by atoms with E-state index in [0.717, 1.165) is 16.7 Å². The van der Waals surface area contributed by atoms with Crippen LogP contribution in [-0.4, -0.2) is 23.5 Å². The third kappa shape index (κ3) is 4.10. The highest BCUT2D eigenvalue weighted by molar-refractivity contribution is 7.14. The van der Waals surface area contributed by atoms with Gasteiger partial charge in [-0.15, -0.1) is 11.3 Å². The van der Waals surface area contributed by atoms with Gasteiger partial charge in [0.1, 0.15) is 5.76 Å². The Morgan fingerprint density at radius 1 is 1.35 bits per heavy atom. The molecule has 20 heavy (non-hydrogen) atoms. The zero-order valence-electron chi connectivity index (χ0n) is 10.5. The summed E-state index contributed by atoms with van der Waals surface area (Å²) < 4.78 is 5.17. The number of hydrogen-bond acceptors (Lipinski definition) is 4. The molecule has 0 radical (unpaired) electrons. The van der Waals surface area contributed by atoms with Crippen LogP contribution in [0.5, 0.6) is 0 Å². The lowest BCUT2D eigenvalue weighted by Gasteiger charge is -2.01. The fraction of sp³-hybridized carbons (Fsp3) is 0.143. The number of amides is 1. The lowest BCUT2D eigenvalue weighted by atomic mass is 10.3. The molecule has 5 nitrogen and oxygen atoms in total. The van der Waals surface area contributed by atoms with E-state index in [1.807, 2.05) is 6.07 Å². The number of nitrogens with one attached hydrogen (secondary N) is 1. The number of carboxylic acid groups (broad SMARTS) is 1. The maximum Gasteiger partial charge on any atom is 0.328 e. The van der Waals surface area contributed by atoms with Crippen molar-refractivity contribution in [2.24, 2.45) is 0 Å². The van der Waals surface area contributed by atoms with Gasteiger partial charge in [-0.05, 0) is 30.3 Å². The van der Waals surface area contributed by atoms with Crippen LogP contribution in [0.1, 0.15) is 20.3 Å². The maximum atomic E-state index is 11.9. The Balaban J connectivity index is 1.84. The number of hydrogen-bond donors (Lipinski definition) is 2. The summed E-state index contributed by atoms with van der Waals surface area (Å²) in [6.45, 7) is 0.491. The molecule has 0 atom stereocenters. The minimum absolute atomic E-state index is 0.170. The zero-order valence-corrected chi connectivity index (χ0v) is 11.4. The zero-order chi connectivity index (χ0) is 14.4. The molecule has 0 aromatic carbocycles. The summed E-state index contributed by atoms with van der Waals surface area (Å²) in [7, 11) is 0. The molecule has 2 N–H and O–H groups in total. The van der Waals surface area contributed by atoms with Gasteiger partial charge in [0.05, 0.1) is 11.1 Å². The molecule has 2 aromatic heterocycles. The average Bonchev–Trinajstić information content (AvgIpc) is 3.07. The molecular formula is C14H13NO4S. The number of rotatable bonds is 6. The van der Waals surface area contributed by atoms with Gasteiger partial charge < -0.3 is 14.8 Å². The number of carbonyl (C=O) groups is 2. The molecule has 0 aliphatic heterocycles. The van der Waals surface area contributed by atoms with Crippen LogP contribution in [0.15, 0.2) is 41.0 Å². The van der Waals surface area contributed by atoms with Crippen LogP contribution >= 0.6 is 11.3 Å². The summed E-state index contributed by atoms with van der Waals surface area (Å²) in [5.41, 5.74) is 0. The van der Waals surface area contributed by atoms with Crippen LogP contribution in [0.3, 0.4) is 0 Å². The quantitative estimate of drug-likeness (QED) is 0.801.